The molecule has 0 unspecified atom stereocenters. The lowest BCUT2D eigenvalue weighted by Gasteiger charge is -2.09. The predicted octanol–water partition coefficient (Wildman–Crippen LogP) is 4.20. The Morgan fingerprint density at radius 1 is 0.791 bits per heavy atom. The third-order valence-electron chi connectivity index (χ3n) is 7.30. The van der Waals surface area contributed by atoms with Gasteiger partial charge in [-0.2, -0.15) is 4.98 Å². The smallest absolute Gasteiger partial charge is 0.350 e. The molecule has 2 aliphatic rings. The Bertz CT molecular complexity index is 2010. The van der Waals surface area contributed by atoms with Crippen molar-refractivity contribution in [2.75, 3.05) is 14.2 Å². The summed E-state index contributed by atoms with van der Waals surface area (Å²) in [4.78, 5) is 55.5. The van der Waals surface area contributed by atoms with Crippen LogP contribution < -0.4 is 15.2 Å². The highest BCUT2D eigenvalue weighted by molar-refractivity contribution is 5.93. The van der Waals surface area contributed by atoms with Crippen molar-refractivity contribution >= 4 is 23.7 Å². The molecular formula is C32H26N6O5. The van der Waals surface area contributed by atoms with E-state index in [1.807, 2.05) is 60.0 Å². The first-order valence-electron chi connectivity index (χ1n) is 13.4. The largest absolute Gasteiger partial charge is 0.497 e. The van der Waals surface area contributed by atoms with Crippen molar-refractivity contribution in [3.8, 4) is 34.4 Å². The van der Waals surface area contributed by atoms with Gasteiger partial charge in [0.1, 0.15) is 22.7 Å². The van der Waals surface area contributed by atoms with Crippen LogP contribution in [0.15, 0.2) is 71.8 Å². The number of hydrogen-bond acceptors (Lipinski definition) is 9. The van der Waals surface area contributed by atoms with Gasteiger partial charge in [-0.3, -0.25) is 14.2 Å². The molecule has 0 aliphatic carbocycles. The van der Waals surface area contributed by atoms with Crippen molar-refractivity contribution in [2.24, 2.45) is 0 Å². The number of hydrogen-bond donors (Lipinski definition) is 0. The number of rotatable bonds is 9. The van der Waals surface area contributed by atoms with Crippen LogP contribution in [0.2, 0.25) is 0 Å². The molecule has 0 atom stereocenters. The average molecular weight is 575 g/mol. The van der Waals surface area contributed by atoms with E-state index in [0.29, 0.717) is 58.7 Å². The maximum Gasteiger partial charge on any atom is 0.350 e. The molecule has 1 aromatic heterocycles. The summed E-state index contributed by atoms with van der Waals surface area (Å²) in [6, 6.07) is 18.2. The first kappa shape index (κ1) is 27.5. The van der Waals surface area contributed by atoms with Gasteiger partial charge in [-0.15, -0.1) is 0 Å². The molecular weight excluding hydrogens is 548 g/mol. The number of aryl methyl sites for hydroxylation is 1. The van der Waals surface area contributed by atoms with Crippen LogP contribution >= 0.6 is 0 Å². The van der Waals surface area contributed by atoms with Crippen molar-refractivity contribution in [3.05, 3.63) is 105 Å². The lowest BCUT2D eigenvalue weighted by Crippen LogP contribution is -2.18. The van der Waals surface area contributed by atoms with Gasteiger partial charge in [0, 0.05) is 16.7 Å². The Balaban J connectivity index is 1.57. The summed E-state index contributed by atoms with van der Waals surface area (Å²) in [6.45, 7) is 2.44. The minimum Gasteiger partial charge on any atom is -0.497 e. The van der Waals surface area contributed by atoms with Crippen LogP contribution in [0.4, 0.5) is 0 Å². The Labute approximate surface area is 245 Å². The maximum atomic E-state index is 13.3. The van der Waals surface area contributed by atoms with Crippen molar-refractivity contribution in [3.63, 3.8) is 0 Å². The van der Waals surface area contributed by atoms with Gasteiger partial charge in [-0.05, 0) is 60.0 Å². The SMILES string of the molecule is COc1ccc(Cn2c3nc(-c4cc(C=O)c(C=O)cc4C)nc4c(ncn4Cc4ccc(OC)cc4)c-3nc2=O)cc1. The third kappa shape index (κ3) is 5.12. The molecule has 0 radical (unpaired) electrons. The number of methoxy groups -OCH3 is 2. The van der Waals surface area contributed by atoms with Gasteiger partial charge in [0.25, 0.3) is 0 Å². The zero-order valence-corrected chi connectivity index (χ0v) is 23.6. The average Bonchev–Trinajstić information content (AvgIpc) is 3.51. The molecule has 0 spiro atoms. The molecule has 2 aliphatic heterocycles. The van der Waals surface area contributed by atoms with E-state index in [0.717, 1.165) is 16.9 Å². The summed E-state index contributed by atoms with van der Waals surface area (Å²) in [6.07, 6.45) is 2.91. The molecule has 0 N–H and O–H groups in total. The monoisotopic (exact) mass is 574 g/mol. The van der Waals surface area contributed by atoms with Crippen molar-refractivity contribution in [2.45, 2.75) is 20.0 Å². The van der Waals surface area contributed by atoms with E-state index in [1.165, 1.54) is 4.57 Å². The molecule has 0 amide bonds. The molecule has 3 aromatic carbocycles. The number of aldehydes is 2. The highest BCUT2D eigenvalue weighted by atomic mass is 16.5. The normalized spacial score (nSPS) is 11.1. The number of imidazole rings is 2. The molecule has 0 fully saturated rings. The first-order valence-corrected chi connectivity index (χ1v) is 13.4. The molecule has 11 heteroatoms. The molecule has 0 bridgehead atoms. The number of carbonyl (C=O) groups excluding carboxylic acids is 2. The molecule has 6 rings (SSSR count). The third-order valence-corrected chi connectivity index (χ3v) is 7.30. The fourth-order valence-electron chi connectivity index (χ4n) is 4.99. The van der Waals surface area contributed by atoms with E-state index in [-0.39, 0.29) is 23.5 Å². The summed E-state index contributed by atoms with van der Waals surface area (Å²) in [5.41, 5.74) is 4.20. The van der Waals surface area contributed by atoms with Crippen LogP contribution in [-0.4, -0.2) is 55.9 Å². The summed E-state index contributed by atoms with van der Waals surface area (Å²) in [5.74, 6) is 1.98. The van der Waals surface area contributed by atoms with Crippen molar-refractivity contribution in [1.29, 1.82) is 0 Å². The van der Waals surface area contributed by atoms with E-state index in [2.05, 4.69) is 9.97 Å². The topological polar surface area (TPSA) is 131 Å². The lowest BCUT2D eigenvalue weighted by molar-refractivity contribution is 0.109. The van der Waals surface area contributed by atoms with Crippen molar-refractivity contribution in [1.82, 2.24) is 29.1 Å². The minimum absolute atomic E-state index is 0.201. The van der Waals surface area contributed by atoms with Crippen LogP contribution in [-0.2, 0) is 13.1 Å². The molecule has 214 valence electrons. The second-order valence-corrected chi connectivity index (χ2v) is 9.97. The Kier molecular flexibility index (Phi) is 7.21. The number of carbonyl (C=O) groups is 2. The minimum atomic E-state index is -0.483. The Morgan fingerprint density at radius 3 is 2.00 bits per heavy atom. The number of aromatic nitrogens is 6. The summed E-state index contributed by atoms with van der Waals surface area (Å²) in [7, 11) is 3.20. The van der Waals surface area contributed by atoms with Crippen LogP contribution in [0.3, 0.4) is 0 Å². The van der Waals surface area contributed by atoms with Gasteiger partial charge in [-0.1, -0.05) is 24.3 Å². The van der Waals surface area contributed by atoms with E-state index < -0.39 is 5.69 Å². The van der Waals surface area contributed by atoms with Crippen LogP contribution in [0.25, 0.3) is 34.1 Å². The predicted molar refractivity (Wildman–Crippen MR) is 159 cm³/mol. The molecule has 3 heterocycles. The number of ether oxygens (including phenoxy) is 2. The Hall–Kier alpha value is -5.71. The van der Waals surface area contributed by atoms with E-state index in [9.17, 15) is 14.4 Å². The highest BCUT2D eigenvalue weighted by Gasteiger charge is 2.24. The Morgan fingerprint density at radius 2 is 1.40 bits per heavy atom. The van der Waals surface area contributed by atoms with Gasteiger partial charge in [-0.25, -0.2) is 19.7 Å². The van der Waals surface area contributed by atoms with Gasteiger partial charge in [0.15, 0.2) is 29.9 Å². The summed E-state index contributed by atoms with van der Waals surface area (Å²) < 4.78 is 13.9. The van der Waals surface area contributed by atoms with E-state index in [4.69, 9.17) is 19.4 Å². The zero-order valence-electron chi connectivity index (χ0n) is 23.6. The summed E-state index contributed by atoms with van der Waals surface area (Å²) in [5, 5.41) is 0. The second-order valence-electron chi connectivity index (χ2n) is 9.97. The maximum absolute atomic E-state index is 13.3. The number of nitrogens with zero attached hydrogens (tertiary/aromatic N) is 6. The molecule has 0 saturated heterocycles. The van der Waals surface area contributed by atoms with Crippen molar-refractivity contribution < 1.29 is 19.1 Å². The zero-order chi connectivity index (χ0) is 30.1. The number of benzene rings is 3. The quantitative estimate of drug-likeness (QED) is 0.233. The van der Waals surface area contributed by atoms with Crippen LogP contribution in [0.1, 0.15) is 37.4 Å². The van der Waals surface area contributed by atoms with Gasteiger partial charge < -0.3 is 14.0 Å². The lowest BCUT2D eigenvalue weighted by atomic mass is 10.00. The summed E-state index contributed by atoms with van der Waals surface area (Å²) >= 11 is 0. The number of fused-ring (bicyclic) bond motifs is 3. The first-order chi connectivity index (χ1) is 20.9. The van der Waals surface area contributed by atoms with E-state index in [1.54, 1.807) is 32.7 Å². The molecule has 11 nitrogen and oxygen atoms in total. The molecule has 0 saturated carbocycles. The standard InChI is InChI=1S/C32H26N6O5/c1-19-12-22(16-39)23(17-40)13-26(19)29-35-30-27(33-18-37(30)14-20-4-8-24(42-2)9-5-20)28-31(36-29)38(32(41)34-28)15-21-6-10-25(43-3)11-7-21/h4-13,16-18H,14-15H2,1-3H3. The van der Waals surface area contributed by atoms with Crippen LogP contribution in [0, 0.1) is 6.92 Å². The highest BCUT2D eigenvalue weighted by Crippen LogP contribution is 2.30. The fourth-order valence-corrected chi connectivity index (χ4v) is 4.99. The van der Waals surface area contributed by atoms with E-state index >= 15 is 0 Å². The van der Waals surface area contributed by atoms with Gasteiger partial charge >= 0.3 is 5.69 Å². The van der Waals surface area contributed by atoms with Gasteiger partial charge in [0.2, 0.25) is 0 Å². The van der Waals surface area contributed by atoms with Crippen LogP contribution in [0.5, 0.6) is 11.5 Å². The van der Waals surface area contributed by atoms with Gasteiger partial charge in [0.05, 0.1) is 33.6 Å². The molecule has 43 heavy (non-hydrogen) atoms. The fraction of sp³-hybridized carbons (Fsp3) is 0.156. The second kappa shape index (κ2) is 11.3. The molecule has 4 aromatic rings.